The number of ether oxygens (including phenoxy) is 1. The quantitative estimate of drug-likeness (QED) is 0.812. The maximum atomic E-state index is 5.93. The third-order valence-corrected chi connectivity index (χ3v) is 4.04. The van der Waals surface area contributed by atoms with Crippen molar-refractivity contribution in [2.75, 3.05) is 12.4 Å². The Kier molecular flexibility index (Phi) is 2.56. The summed E-state index contributed by atoms with van der Waals surface area (Å²) in [6.07, 6.45) is 3.70. The fourth-order valence-electron chi connectivity index (χ4n) is 2.21. The predicted molar refractivity (Wildman–Crippen MR) is 65.2 cm³/mol. The molecule has 2 aliphatic rings. The van der Waals surface area contributed by atoms with Crippen LogP contribution in [0.25, 0.3) is 0 Å². The maximum absolute atomic E-state index is 5.93. The molecule has 0 saturated heterocycles. The number of fused-ring (bicyclic) bond motifs is 1. The Labute approximate surface area is 101 Å². The predicted octanol–water partition coefficient (Wildman–Crippen LogP) is 2.35. The van der Waals surface area contributed by atoms with E-state index < -0.39 is 0 Å². The van der Waals surface area contributed by atoms with Gasteiger partial charge in [-0.15, -0.1) is 11.6 Å². The van der Waals surface area contributed by atoms with Crippen LogP contribution in [0.5, 0.6) is 5.75 Å². The topological polar surface area (TPSA) is 21.3 Å². The summed E-state index contributed by atoms with van der Waals surface area (Å²) >= 11 is 5.93. The molecule has 0 amide bonds. The van der Waals surface area contributed by atoms with Crippen LogP contribution in [0.3, 0.4) is 0 Å². The molecule has 0 spiro atoms. The van der Waals surface area contributed by atoms with E-state index >= 15 is 0 Å². The van der Waals surface area contributed by atoms with E-state index in [1.54, 1.807) is 0 Å². The van der Waals surface area contributed by atoms with Crippen LogP contribution in [0, 0.1) is 0 Å². The van der Waals surface area contributed by atoms with Crippen LogP contribution in [-0.2, 0) is 6.42 Å². The molecule has 1 atom stereocenters. The van der Waals surface area contributed by atoms with Gasteiger partial charge in [0.2, 0.25) is 0 Å². The summed E-state index contributed by atoms with van der Waals surface area (Å²) in [6.45, 7) is 0.904. The monoisotopic (exact) mass is 237 g/mol. The Morgan fingerprint density at radius 3 is 2.88 bits per heavy atom. The number of benzene rings is 1. The van der Waals surface area contributed by atoms with E-state index in [4.69, 9.17) is 16.3 Å². The molecular formula is C13H16ClNO. The van der Waals surface area contributed by atoms with Crippen LogP contribution in [0.2, 0.25) is 0 Å². The molecule has 1 aromatic rings. The fourth-order valence-corrected chi connectivity index (χ4v) is 2.57. The lowest BCUT2D eigenvalue weighted by atomic mass is 10.1. The van der Waals surface area contributed by atoms with E-state index in [1.807, 2.05) is 12.1 Å². The third-order valence-electron chi connectivity index (χ3n) is 3.53. The smallest absolute Gasteiger partial charge is 0.123 e. The van der Waals surface area contributed by atoms with Crippen LogP contribution in [0.1, 0.15) is 18.4 Å². The van der Waals surface area contributed by atoms with Gasteiger partial charge in [-0.2, -0.15) is 0 Å². The van der Waals surface area contributed by atoms with Gasteiger partial charge in [0, 0.05) is 24.4 Å². The van der Waals surface area contributed by atoms with Gasteiger partial charge in [-0.25, -0.2) is 0 Å². The lowest BCUT2D eigenvalue weighted by Gasteiger charge is -2.17. The Hall–Kier alpha value is -0.730. The highest BCUT2D eigenvalue weighted by Crippen LogP contribution is 2.37. The van der Waals surface area contributed by atoms with Crippen molar-refractivity contribution in [1.29, 1.82) is 0 Å². The van der Waals surface area contributed by atoms with Gasteiger partial charge >= 0.3 is 0 Å². The molecule has 1 aromatic carbocycles. The number of rotatable bonds is 4. The second-order valence-corrected chi connectivity index (χ2v) is 5.11. The molecular weight excluding hydrogens is 222 g/mol. The fraction of sp³-hybridized carbons (Fsp3) is 0.538. The first-order chi connectivity index (χ1) is 7.81. The lowest BCUT2D eigenvalue weighted by Crippen LogP contribution is -2.40. The Morgan fingerprint density at radius 2 is 2.19 bits per heavy atom. The molecule has 86 valence electrons. The molecule has 2 nitrogen and oxygen atoms in total. The second kappa shape index (κ2) is 3.94. The van der Waals surface area contributed by atoms with Gasteiger partial charge in [-0.1, -0.05) is 18.2 Å². The van der Waals surface area contributed by atoms with Gasteiger partial charge in [-0.3, -0.25) is 0 Å². The van der Waals surface area contributed by atoms with Gasteiger partial charge in [-0.05, 0) is 24.5 Å². The highest BCUT2D eigenvalue weighted by Gasteiger charge is 2.42. The first-order valence-electron chi connectivity index (χ1n) is 5.87. The first-order valence-corrected chi connectivity index (χ1v) is 6.40. The molecule has 3 heteroatoms. The molecule has 3 rings (SSSR count). The van der Waals surface area contributed by atoms with Crippen molar-refractivity contribution in [2.24, 2.45) is 0 Å². The van der Waals surface area contributed by atoms with Crippen LogP contribution < -0.4 is 10.1 Å². The average molecular weight is 238 g/mol. The zero-order valence-corrected chi connectivity index (χ0v) is 9.96. The average Bonchev–Trinajstić information content (AvgIpc) is 2.98. The zero-order chi connectivity index (χ0) is 11.0. The first kappa shape index (κ1) is 10.4. The van der Waals surface area contributed by atoms with Crippen molar-refractivity contribution in [1.82, 2.24) is 5.32 Å². The van der Waals surface area contributed by atoms with Gasteiger partial charge in [0.25, 0.3) is 0 Å². The van der Waals surface area contributed by atoms with Gasteiger partial charge < -0.3 is 10.1 Å². The Balaban J connectivity index is 1.56. The number of hydrogen-bond acceptors (Lipinski definition) is 2. The van der Waals surface area contributed by atoms with E-state index in [0.29, 0.717) is 5.88 Å². The van der Waals surface area contributed by atoms with Crippen molar-refractivity contribution >= 4 is 11.6 Å². The van der Waals surface area contributed by atoms with Crippen molar-refractivity contribution in [3.05, 3.63) is 29.8 Å². The summed E-state index contributed by atoms with van der Waals surface area (Å²) in [5, 5.41) is 3.54. The van der Waals surface area contributed by atoms with Crippen LogP contribution in [0.4, 0.5) is 0 Å². The van der Waals surface area contributed by atoms with E-state index in [0.717, 1.165) is 18.7 Å². The summed E-state index contributed by atoms with van der Waals surface area (Å²) in [5.41, 5.74) is 1.55. The molecule has 1 N–H and O–H groups in total. The van der Waals surface area contributed by atoms with Crippen LogP contribution in [0.15, 0.2) is 24.3 Å². The van der Waals surface area contributed by atoms with Crippen molar-refractivity contribution < 1.29 is 4.74 Å². The third kappa shape index (κ3) is 1.92. The summed E-state index contributed by atoms with van der Waals surface area (Å²) in [4.78, 5) is 0. The summed E-state index contributed by atoms with van der Waals surface area (Å²) in [6, 6.07) is 8.28. The van der Waals surface area contributed by atoms with E-state index in [-0.39, 0.29) is 11.6 Å². The summed E-state index contributed by atoms with van der Waals surface area (Å²) < 4.78 is 5.87. The minimum atomic E-state index is 0.222. The summed E-state index contributed by atoms with van der Waals surface area (Å²) in [7, 11) is 0. The number of halogens is 1. The second-order valence-electron chi connectivity index (χ2n) is 4.85. The number of para-hydroxylation sites is 1. The van der Waals surface area contributed by atoms with Crippen molar-refractivity contribution in [2.45, 2.75) is 30.9 Å². The molecule has 1 unspecified atom stereocenters. The maximum Gasteiger partial charge on any atom is 0.123 e. The standard InChI is InChI=1S/C13H16ClNO/c14-9-13(5-6-13)15-8-11-7-10-3-1-2-4-12(10)16-11/h1-4,11,15H,5-9H2. The summed E-state index contributed by atoms with van der Waals surface area (Å²) in [5.74, 6) is 1.76. The largest absolute Gasteiger partial charge is 0.488 e. The normalized spacial score (nSPS) is 24.9. The molecule has 1 heterocycles. The molecule has 16 heavy (non-hydrogen) atoms. The number of nitrogens with one attached hydrogen (secondary N) is 1. The molecule has 0 radical (unpaired) electrons. The highest BCUT2D eigenvalue weighted by molar-refractivity contribution is 6.18. The Bertz CT molecular complexity index is 364. The van der Waals surface area contributed by atoms with Gasteiger partial charge in [0.05, 0.1) is 0 Å². The van der Waals surface area contributed by atoms with E-state index in [1.165, 1.54) is 18.4 Å². The van der Waals surface area contributed by atoms with Crippen molar-refractivity contribution in [3.8, 4) is 5.75 Å². The van der Waals surface area contributed by atoms with Crippen molar-refractivity contribution in [3.63, 3.8) is 0 Å². The van der Waals surface area contributed by atoms with Gasteiger partial charge in [0.15, 0.2) is 0 Å². The van der Waals surface area contributed by atoms with E-state index in [2.05, 4.69) is 17.4 Å². The number of alkyl halides is 1. The molecule has 1 fully saturated rings. The molecule has 0 bridgehead atoms. The van der Waals surface area contributed by atoms with Crippen LogP contribution >= 0.6 is 11.6 Å². The molecule has 1 aliphatic carbocycles. The minimum Gasteiger partial charge on any atom is -0.488 e. The highest BCUT2D eigenvalue weighted by atomic mass is 35.5. The molecule has 1 saturated carbocycles. The van der Waals surface area contributed by atoms with Crippen LogP contribution in [-0.4, -0.2) is 24.1 Å². The number of hydrogen-bond donors (Lipinski definition) is 1. The minimum absolute atomic E-state index is 0.222. The SMILES string of the molecule is ClCC1(NCC2Cc3ccccc3O2)CC1. The molecule has 0 aromatic heterocycles. The van der Waals surface area contributed by atoms with Gasteiger partial charge in [0.1, 0.15) is 11.9 Å². The Morgan fingerprint density at radius 1 is 1.38 bits per heavy atom. The van der Waals surface area contributed by atoms with E-state index in [9.17, 15) is 0 Å². The zero-order valence-electron chi connectivity index (χ0n) is 9.21. The molecule has 1 aliphatic heterocycles. The lowest BCUT2D eigenvalue weighted by molar-refractivity contribution is 0.221.